The summed E-state index contributed by atoms with van der Waals surface area (Å²) >= 11 is 0. The summed E-state index contributed by atoms with van der Waals surface area (Å²) in [5, 5.41) is 4.66. The van der Waals surface area contributed by atoms with Gasteiger partial charge in [0.25, 0.3) is 5.54 Å². The molecule has 7 atom stereocenters. The molecule has 0 aromatic heterocycles. The van der Waals surface area contributed by atoms with E-state index in [9.17, 15) is 35.9 Å². The molecule has 4 fully saturated rings. The van der Waals surface area contributed by atoms with Crippen LogP contribution in [0.2, 0.25) is 0 Å². The van der Waals surface area contributed by atoms with Crippen LogP contribution in [0.5, 0.6) is 0 Å². The molecule has 1 aromatic rings. The van der Waals surface area contributed by atoms with Crippen LogP contribution in [-0.2, 0) is 15.1 Å². The molecule has 0 radical (unpaired) electrons. The fraction of sp³-hybridized carbons (Fsp3) is 0.714. The maximum Gasteiger partial charge on any atom is 0.424 e. The lowest BCUT2D eigenvalue weighted by Gasteiger charge is -2.60. The summed E-state index contributed by atoms with van der Waals surface area (Å²) in [6.45, 7) is 4.09. The molecule has 0 spiro atoms. The van der Waals surface area contributed by atoms with Crippen molar-refractivity contribution >= 4 is 11.8 Å². The van der Waals surface area contributed by atoms with Crippen LogP contribution in [0.4, 0.5) is 26.3 Å². The summed E-state index contributed by atoms with van der Waals surface area (Å²) in [5.41, 5.74) is -6.32. The number of benzene rings is 1. The van der Waals surface area contributed by atoms with E-state index in [4.69, 9.17) is 0 Å². The number of carbonyl (C=O) groups excluding carboxylic acids is 2. The molecule has 5 rings (SSSR count). The standard InChI is InChI=1S/C28H34F6N2O2/c1-24-14-12-19-17(8-11-21-25(19,2)15-13-22(37)35-21)18(24)9-10-20(24)23(38)36-26(27(29,30)31,28(32,33)34)16-6-4-3-5-7-16/h3-7,17-21H,8-15H2,1-2H3,(H,35,37)(H,36,38)/t17-,18-,19-,20+,21+,24-,25+/m0/s1. The number of hydrogen-bond acceptors (Lipinski definition) is 2. The lowest BCUT2D eigenvalue weighted by atomic mass is 9.47. The van der Waals surface area contributed by atoms with Gasteiger partial charge < -0.3 is 10.6 Å². The maximum absolute atomic E-state index is 14.3. The van der Waals surface area contributed by atoms with Crippen LogP contribution in [0.1, 0.15) is 70.8 Å². The van der Waals surface area contributed by atoms with Crippen LogP contribution in [0.25, 0.3) is 0 Å². The first-order valence-corrected chi connectivity index (χ1v) is 13.5. The Morgan fingerprint density at radius 1 is 0.868 bits per heavy atom. The van der Waals surface area contributed by atoms with Gasteiger partial charge in [0.05, 0.1) is 0 Å². The fourth-order valence-corrected chi connectivity index (χ4v) is 8.79. The van der Waals surface area contributed by atoms with Crippen LogP contribution in [-0.4, -0.2) is 30.2 Å². The molecule has 38 heavy (non-hydrogen) atoms. The fourth-order valence-electron chi connectivity index (χ4n) is 8.79. The van der Waals surface area contributed by atoms with Crippen molar-refractivity contribution in [2.45, 2.75) is 89.1 Å². The maximum atomic E-state index is 14.3. The highest BCUT2D eigenvalue weighted by atomic mass is 19.4. The van der Waals surface area contributed by atoms with Crippen LogP contribution < -0.4 is 10.6 Å². The summed E-state index contributed by atoms with van der Waals surface area (Å²) in [5.74, 6) is -1.51. The Labute approximate surface area is 218 Å². The van der Waals surface area contributed by atoms with E-state index in [1.165, 1.54) is 11.4 Å². The van der Waals surface area contributed by atoms with Gasteiger partial charge in [-0.2, -0.15) is 26.3 Å². The Balaban J connectivity index is 1.44. The van der Waals surface area contributed by atoms with Crippen LogP contribution >= 0.6 is 0 Å². The third-order valence-corrected chi connectivity index (χ3v) is 10.8. The van der Waals surface area contributed by atoms with Crippen molar-refractivity contribution in [2.75, 3.05) is 0 Å². The van der Waals surface area contributed by atoms with Gasteiger partial charge in [-0.3, -0.25) is 9.59 Å². The Kier molecular flexibility index (Phi) is 6.38. The Bertz CT molecular complexity index is 1080. The quantitative estimate of drug-likeness (QED) is 0.442. The average molecular weight is 545 g/mol. The summed E-state index contributed by atoms with van der Waals surface area (Å²) in [6.07, 6.45) is -6.57. The van der Waals surface area contributed by atoms with Crippen molar-refractivity contribution in [1.29, 1.82) is 0 Å². The minimum absolute atomic E-state index is 0.0373. The topological polar surface area (TPSA) is 58.2 Å². The molecule has 0 bridgehead atoms. The summed E-state index contributed by atoms with van der Waals surface area (Å²) in [7, 11) is 0. The first-order valence-electron chi connectivity index (χ1n) is 13.5. The molecule has 3 saturated carbocycles. The molecule has 2 N–H and O–H groups in total. The van der Waals surface area contributed by atoms with Crippen LogP contribution in [0.15, 0.2) is 30.3 Å². The second kappa shape index (κ2) is 8.88. The van der Waals surface area contributed by atoms with Crippen molar-refractivity contribution in [1.82, 2.24) is 10.6 Å². The number of rotatable bonds is 3. The van der Waals surface area contributed by atoms with E-state index in [-0.39, 0.29) is 35.6 Å². The van der Waals surface area contributed by atoms with Crippen molar-refractivity contribution < 1.29 is 35.9 Å². The molecule has 1 aliphatic heterocycles. The van der Waals surface area contributed by atoms with Crippen LogP contribution in [0, 0.1) is 34.5 Å². The monoisotopic (exact) mass is 544 g/mol. The molecule has 2 amide bonds. The lowest BCUT2D eigenvalue weighted by molar-refractivity contribution is -0.312. The molecule has 1 saturated heterocycles. The van der Waals surface area contributed by atoms with Gasteiger partial charge in [-0.1, -0.05) is 44.2 Å². The lowest BCUT2D eigenvalue weighted by Crippen LogP contribution is -2.66. The Hall–Kier alpha value is -2.26. The van der Waals surface area contributed by atoms with E-state index < -0.39 is 40.7 Å². The average Bonchev–Trinajstić information content (AvgIpc) is 3.19. The van der Waals surface area contributed by atoms with Gasteiger partial charge in [0.15, 0.2) is 0 Å². The molecule has 1 heterocycles. The zero-order valence-electron chi connectivity index (χ0n) is 21.5. The third kappa shape index (κ3) is 3.86. The highest BCUT2D eigenvalue weighted by molar-refractivity contribution is 5.81. The number of hydrogen-bond donors (Lipinski definition) is 2. The van der Waals surface area contributed by atoms with Crippen molar-refractivity contribution in [3.05, 3.63) is 35.9 Å². The molecule has 210 valence electrons. The van der Waals surface area contributed by atoms with Gasteiger partial charge in [-0.25, -0.2) is 0 Å². The minimum Gasteiger partial charge on any atom is -0.353 e. The molecule has 0 unspecified atom stereocenters. The van der Waals surface area contributed by atoms with Gasteiger partial charge in [-0.05, 0) is 79.1 Å². The number of fused-ring (bicyclic) bond motifs is 5. The highest BCUT2D eigenvalue weighted by Gasteiger charge is 2.73. The van der Waals surface area contributed by atoms with Crippen molar-refractivity contribution in [3.63, 3.8) is 0 Å². The molecule has 1 aromatic carbocycles. The Morgan fingerprint density at radius 3 is 2.13 bits per heavy atom. The normalized spacial score (nSPS) is 37.5. The second-order valence-electron chi connectivity index (χ2n) is 12.4. The first-order chi connectivity index (χ1) is 17.6. The SMILES string of the molecule is C[C@]12CCC(=O)N[C@@H]1CC[C@@H]1[C@@H]2CC[C@]2(C)[C@@H](C(=O)NC(c3ccccc3)(C(F)(F)F)C(F)(F)F)CC[C@@H]12. The molecule has 3 aliphatic carbocycles. The summed E-state index contributed by atoms with van der Waals surface area (Å²) < 4.78 is 85.9. The zero-order valence-corrected chi connectivity index (χ0v) is 21.5. The molecule has 10 heteroatoms. The number of amides is 2. The highest BCUT2D eigenvalue weighted by Crippen LogP contribution is 2.66. The minimum atomic E-state index is -5.79. The zero-order chi connectivity index (χ0) is 27.7. The summed E-state index contributed by atoms with van der Waals surface area (Å²) in [4.78, 5) is 25.5. The summed E-state index contributed by atoms with van der Waals surface area (Å²) in [6, 6.07) is 5.14. The van der Waals surface area contributed by atoms with Gasteiger partial charge in [0.1, 0.15) is 0 Å². The van der Waals surface area contributed by atoms with Crippen molar-refractivity contribution in [2.24, 2.45) is 34.5 Å². The number of carbonyl (C=O) groups is 2. The van der Waals surface area contributed by atoms with Gasteiger partial charge >= 0.3 is 12.4 Å². The van der Waals surface area contributed by atoms with E-state index in [1.807, 2.05) is 6.92 Å². The third-order valence-electron chi connectivity index (χ3n) is 10.8. The first kappa shape index (κ1) is 27.3. The number of piperidine rings is 1. The predicted octanol–water partition coefficient (Wildman–Crippen LogP) is 6.26. The van der Waals surface area contributed by atoms with Crippen LogP contribution in [0.3, 0.4) is 0 Å². The molecular formula is C28H34F6N2O2. The van der Waals surface area contributed by atoms with Gasteiger partial charge in [-0.15, -0.1) is 0 Å². The second-order valence-corrected chi connectivity index (χ2v) is 12.4. The van der Waals surface area contributed by atoms with Crippen molar-refractivity contribution in [3.8, 4) is 0 Å². The number of halogens is 6. The van der Waals surface area contributed by atoms with E-state index >= 15 is 0 Å². The number of nitrogens with one attached hydrogen (secondary N) is 2. The number of alkyl halides is 6. The van der Waals surface area contributed by atoms with E-state index in [0.29, 0.717) is 25.2 Å². The van der Waals surface area contributed by atoms with E-state index in [1.54, 1.807) is 0 Å². The molecule has 4 nitrogen and oxygen atoms in total. The van der Waals surface area contributed by atoms with E-state index in [0.717, 1.165) is 49.9 Å². The Morgan fingerprint density at radius 2 is 1.50 bits per heavy atom. The largest absolute Gasteiger partial charge is 0.424 e. The van der Waals surface area contributed by atoms with Gasteiger partial charge in [0, 0.05) is 18.4 Å². The molecular weight excluding hydrogens is 510 g/mol. The smallest absolute Gasteiger partial charge is 0.353 e. The van der Waals surface area contributed by atoms with E-state index in [2.05, 4.69) is 12.2 Å². The predicted molar refractivity (Wildman–Crippen MR) is 127 cm³/mol. The van der Waals surface area contributed by atoms with Gasteiger partial charge in [0.2, 0.25) is 11.8 Å². The molecule has 4 aliphatic rings.